The summed E-state index contributed by atoms with van der Waals surface area (Å²) in [7, 11) is 2.03. The highest BCUT2D eigenvalue weighted by atomic mass is 14.9. The quantitative estimate of drug-likeness (QED) is 0.684. The van der Waals surface area contributed by atoms with Gasteiger partial charge in [0.25, 0.3) is 0 Å². The van der Waals surface area contributed by atoms with Crippen molar-refractivity contribution < 1.29 is 0 Å². The van der Waals surface area contributed by atoms with Gasteiger partial charge in [-0.25, -0.2) is 0 Å². The minimum Gasteiger partial charge on any atom is -0.349 e. The number of aliphatic imine (C=N–C) groups is 1. The standard InChI is InChI=1S/C14H16N2/c1-3-15-14(12-8-5-4-6-9-12)13-10-7-11-16(13)2/h3,5,7-11H,1,4,6H2,2H3. The average Bonchev–Trinajstić information content (AvgIpc) is 2.73. The van der Waals surface area contributed by atoms with E-state index in [0.29, 0.717) is 0 Å². The molecule has 1 aliphatic carbocycles. The van der Waals surface area contributed by atoms with Crippen LogP contribution in [0, 0.1) is 0 Å². The Bertz CT molecular complexity index is 473. The Morgan fingerprint density at radius 2 is 2.38 bits per heavy atom. The molecular weight excluding hydrogens is 196 g/mol. The molecule has 0 amide bonds. The summed E-state index contributed by atoms with van der Waals surface area (Å²) in [5.74, 6) is 0. The lowest BCUT2D eigenvalue weighted by atomic mass is 10.0. The van der Waals surface area contributed by atoms with Crippen LogP contribution in [-0.2, 0) is 7.05 Å². The molecule has 2 heteroatoms. The molecule has 0 aromatic carbocycles. The van der Waals surface area contributed by atoms with Crippen LogP contribution in [-0.4, -0.2) is 10.3 Å². The molecule has 1 aromatic heterocycles. The largest absolute Gasteiger partial charge is 0.349 e. The predicted octanol–water partition coefficient (Wildman–Crippen LogP) is 3.23. The first-order valence-electron chi connectivity index (χ1n) is 5.50. The summed E-state index contributed by atoms with van der Waals surface area (Å²) in [5, 5.41) is 0. The summed E-state index contributed by atoms with van der Waals surface area (Å²) in [6.07, 6.45) is 12.4. The van der Waals surface area contributed by atoms with Gasteiger partial charge >= 0.3 is 0 Å². The molecular formula is C14H16N2. The Morgan fingerprint density at radius 1 is 1.50 bits per heavy atom. The molecule has 16 heavy (non-hydrogen) atoms. The Kier molecular flexibility index (Phi) is 3.20. The normalized spacial score (nSPS) is 16.1. The lowest BCUT2D eigenvalue weighted by molar-refractivity contribution is 0.913. The van der Waals surface area contributed by atoms with Gasteiger partial charge in [-0.15, -0.1) is 0 Å². The van der Waals surface area contributed by atoms with Crippen LogP contribution in [0.25, 0.3) is 0 Å². The molecule has 82 valence electrons. The van der Waals surface area contributed by atoms with Crippen molar-refractivity contribution in [1.82, 2.24) is 4.57 Å². The van der Waals surface area contributed by atoms with Gasteiger partial charge in [0.1, 0.15) is 0 Å². The third kappa shape index (κ3) is 2.06. The third-order valence-electron chi connectivity index (χ3n) is 2.68. The highest BCUT2D eigenvalue weighted by Gasteiger charge is 2.11. The minimum atomic E-state index is 0.999. The van der Waals surface area contributed by atoms with Crippen molar-refractivity contribution in [2.75, 3.05) is 0 Å². The van der Waals surface area contributed by atoms with Crippen molar-refractivity contribution in [3.05, 3.63) is 60.6 Å². The van der Waals surface area contributed by atoms with E-state index in [1.807, 2.05) is 19.3 Å². The molecule has 0 radical (unpaired) electrons. The fourth-order valence-electron chi connectivity index (χ4n) is 1.88. The SMILES string of the molecule is C=CN=C(C1=CCCC=C1)c1cccn1C. The molecule has 0 saturated carbocycles. The fraction of sp³-hybridized carbons (Fsp3) is 0.214. The van der Waals surface area contributed by atoms with E-state index < -0.39 is 0 Å². The van der Waals surface area contributed by atoms with E-state index in [1.165, 1.54) is 5.57 Å². The molecule has 0 saturated heterocycles. The Balaban J connectivity index is 2.43. The van der Waals surface area contributed by atoms with Gasteiger partial charge in [0, 0.05) is 19.4 Å². The first-order valence-corrected chi connectivity index (χ1v) is 5.50. The van der Waals surface area contributed by atoms with E-state index >= 15 is 0 Å². The summed E-state index contributed by atoms with van der Waals surface area (Å²) >= 11 is 0. The minimum absolute atomic E-state index is 0.999. The van der Waals surface area contributed by atoms with E-state index in [2.05, 4.69) is 40.4 Å². The molecule has 0 spiro atoms. The van der Waals surface area contributed by atoms with Crippen LogP contribution in [0.1, 0.15) is 18.5 Å². The Morgan fingerprint density at radius 3 is 2.94 bits per heavy atom. The topological polar surface area (TPSA) is 17.3 Å². The lowest BCUT2D eigenvalue weighted by Crippen LogP contribution is -2.09. The van der Waals surface area contributed by atoms with Crippen LogP contribution in [0.5, 0.6) is 0 Å². The second-order valence-corrected chi connectivity index (χ2v) is 3.80. The van der Waals surface area contributed by atoms with Crippen LogP contribution in [0.4, 0.5) is 0 Å². The summed E-state index contributed by atoms with van der Waals surface area (Å²) in [6.45, 7) is 3.69. The van der Waals surface area contributed by atoms with Gasteiger partial charge in [-0.1, -0.05) is 24.8 Å². The zero-order valence-corrected chi connectivity index (χ0v) is 9.56. The molecule has 1 aromatic rings. The molecule has 0 fully saturated rings. The summed E-state index contributed by atoms with van der Waals surface area (Å²) in [6, 6.07) is 4.10. The number of nitrogens with zero attached hydrogens (tertiary/aromatic N) is 2. The van der Waals surface area contributed by atoms with Gasteiger partial charge in [-0.3, -0.25) is 4.99 Å². The third-order valence-corrected chi connectivity index (χ3v) is 2.68. The maximum absolute atomic E-state index is 4.39. The van der Waals surface area contributed by atoms with E-state index in [-0.39, 0.29) is 0 Å². The van der Waals surface area contributed by atoms with Crippen molar-refractivity contribution in [3.63, 3.8) is 0 Å². The molecule has 0 atom stereocenters. The van der Waals surface area contributed by atoms with Gasteiger partial charge in [0.15, 0.2) is 0 Å². The van der Waals surface area contributed by atoms with E-state index in [1.54, 1.807) is 6.20 Å². The molecule has 1 heterocycles. The predicted molar refractivity (Wildman–Crippen MR) is 68.6 cm³/mol. The van der Waals surface area contributed by atoms with E-state index in [0.717, 1.165) is 24.2 Å². The first-order chi connectivity index (χ1) is 7.83. The van der Waals surface area contributed by atoms with Crippen molar-refractivity contribution in [1.29, 1.82) is 0 Å². The van der Waals surface area contributed by atoms with Crippen LogP contribution in [0.15, 0.2) is 59.9 Å². The van der Waals surface area contributed by atoms with Crippen molar-refractivity contribution in [2.45, 2.75) is 12.8 Å². The molecule has 0 aliphatic heterocycles. The van der Waals surface area contributed by atoms with Crippen LogP contribution in [0.2, 0.25) is 0 Å². The number of hydrogen-bond donors (Lipinski definition) is 0. The lowest BCUT2D eigenvalue weighted by Gasteiger charge is -2.11. The second kappa shape index (κ2) is 4.79. The average molecular weight is 212 g/mol. The smallest absolute Gasteiger partial charge is 0.0934 e. The van der Waals surface area contributed by atoms with Crippen molar-refractivity contribution in [2.24, 2.45) is 12.0 Å². The van der Waals surface area contributed by atoms with Crippen molar-refractivity contribution >= 4 is 5.71 Å². The first kappa shape index (κ1) is 10.7. The molecule has 1 aliphatic rings. The van der Waals surface area contributed by atoms with Gasteiger partial charge in [-0.05, 0) is 30.5 Å². The van der Waals surface area contributed by atoms with Crippen LogP contribution >= 0.6 is 0 Å². The zero-order valence-electron chi connectivity index (χ0n) is 9.56. The monoisotopic (exact) mass is 212 g/mol. The molecule has 2 rings (SSSR count). The van der Waals surface area contributed by atoms with Crippen LogP contribution < -0.4 is 0 Å². The Labute approximate surface area is 96.3 Å². The van der Waals surface area contributed by atoms with Gasteiger partial charge in [-0.2, -0.15) is 0 Å². The van der Waals surface area contributed by atoms with Crippen LogP contribution in [0.3, 0.4) is 0 Å². The van der Waals surface area contributed by atoms with E-state index in [9.17, 15) is 0 Å². The number of rotatable bonds is 3. The molecule has 2 nitrogen and oxygen atoms in total. The highest BCUT2D eigenvalue weighted by molar-refractivity contribution is 6.13. The van der Waals surface area contributed by atoms with Crippen molar-refractivity contribution in [3.8, 4) is 0 Å². The molecule has 0 bridgehead atoms. The number of aryl methyl sites for hydroxylation is 1. The number of hydrogen-bond acceptors (Lipinski definition) is 1. The number of allylic oxidation sites excluding steroid dienone is 4. The maximum atomic E-state index is 4.39. The maximum Gasteiger partial charge on any atom is 0.0934 e. The van der Waals surface area contributed by atoms with Gasteiger partial charge in [0.05, 0.1) is 11.4 Å². The summed E-state index contributed by atoms with van der Waals surface area (Å²) < 4.78 is 2.08. The Hall–Kier alpha value is -1.83. The van der Waals surface area contributed by atoms with Gasteiger partial charge in [0.2, 0.25) is 0 Å². The fourth-order valence-corrected chi connectivity index (χ4v) is 1.88. The molecule has 0 unspecified atom stereocenters. The summed E-state index contributed by atoms with van der Waals surface area (Å²) in [4.78, 5) is 4.39. The van der Waals surface area contributed by atoms with Gasteiger partial charge < -0.3 is 4.57 Å². The zero-order chi connectivity index (χ0) is 11.4. The van der Waals surface area contributed by atoms with E-state index in [4.69, 9.17) is 0 Å². The molecule has 0 N–H and O–H groups in total. The summed E-state index contributed by atoms with van der Waals surface area (Å²) in [5.41, 5.74) is 3.31. The number of aromatic nitrogens is 1. The highest BCUT2D eigenvalue weighted by Crippen LogP contribution is 2.17. The second-order valence-electron chi connectivity index (χ2n) is 3.80.